The monoisotopic (exact) mass is 484 g/mol. The number of unbranched alkanes of at least 4 members (excludes halogenated alkanes) is 14. The third kappa shape index (κ3) is 6.40. The molecule has 0 aromatic heterocycles. The van der Waals surface area contributed by atoms with Crippen LogP contribution in [-0.4, -0.2) is 17.8 Å². The van der Waals surface area contributed by atoms with Gasteiger partial charge in [-0.15, -0.1) is 33.2 Å². The zero-order valence-electron chi connectivity index (χ0n) is 17.0. The molecule has 28 heavy (non-hydrogen) atoms. The van der Waals surface area contributed by atoms with Gasteiger partial charge in [-0.1, -0.05) is 103 Å². The first-order chi connectivity index (χ1) is 13.1. The molecule has 1 rings (SSSR count). The highest BCUT2D eigenvalue weighted by molar-refractivity contribution is 7.66. The van der Waals surface area contributed by atoms with Crippen molar-refractivity contribution < 1.29 is 17.6 Å². The normalized spacial score (nSPS) is 19.7. The lowest BCUT2D eigenvalue weighted by Crippen LogP contribution is -2.28. The number of hydrogen-bond donors (Lipinski definition) is 0. The Morgan fingerprint density at radius 1 is 0.536 bits per heavy atom. The van der Waals surface area contributed by atoms with E-state index < -0.39 is 29.3 Å². The molecule has 0 bridgehead atoms. The summed E-state index contributed by atoms with van der Waals surface area (Å²) in [5.41, 5.74) is 0. The van der Waals surface area contributed by atoms with Crippen LogP contribution in [0, 0.1) is 0 Å². The van der Waals surface area contributed by atoms with Crippen molar-refractivity contribution in [1.29, 1.82) is 0 Å². The van der Waals surface area contributed by atoms with Crippen molar-refractivity contribution >= 4 is 39.2 Å². The molecule has 0 radical (unpaired) electrons. The zero-order chi connectivity index (χ0) is 21.3. The van der Waals surface area contributed by atoms with Crippen LogP contribution in [0.1, 0.15) is 110 Å². The van der Waals surface area contributed by atoms with Gasteiger partial charge in [-0.05, 0) is 6.42 Å². The predicted octanol–water partition coefficient (Wildman–Crippen LogP) is 9.93. The van der Waals surface area contributed by atoms with Crippen LogP contribution in [-0.2, 0) is 0 Å². The Morgan fingerprint density at radius 3 is 1.07 bits per heavy atom. The maximum absolute atomic E-state index is 13.6. The van der Waals surface area contributed by atoms with Crippen molar-refractivity contribution in [1.82, 2.24) is 0 Å². The summed E-state index contributed by atoms with van der Waals surface area (Å²) in [6, 6.07) is -4.24. The van der Waals surface area contributed by atoms with E-state index in [0.29, 0.717) is 6.42 Å². The predicted molar refractivity (Wildman–Crippen MR) is 115 cm³/mol. The molecule has 168 valence electrons. The van der Waals surface area contributed by atoms with Gasteiger partial charge in [-0.2, -0.15) is 17.6 Å². The highest BCUT2D eigenvalue weighted by Crippen LogP contribution is 2.85. The first kappa shape index (κ1) is 26.8. The van der Waals surface area contributed by atoms with E-state index in [1.807, 2.05) is 0 Å². The zero-order valence-corrected chi connectivity index (χ0v) is 20.2. The van der Waals surface area contributed by atoms with Crippen molar-refractivity contribution in [3.63, 3.8) is 0 Å². The van der Waals surface area contributed by atoms with E-state index in [1.54, 1.807) is 0 Å². The highest BCUT2D eigenvalue weighted by atomic mass is 35.8. The summed E-state index contributed by atoms with van der Waals surface area (Å²) in [7, 11) is 0. The molecular weight excluding hydrogens is 451 g/mol. The molecule has 0 aromatic rings. The van der Waals surface area contributed by atoms with Crippen LogP contribution in [0.15, 0.2) is 0 Å². The molecular formula is C20H35Cl3F4Si. The minimum atomic E-state index is -4.24. The maximum Gasteiger partial charge on any atom is 0.359 e. The van der Waals surface area contributed by atoms with Crippen molar-refractivity contribution in [2.75, 3.05) is 0 Å². The van der Waals surface area contributed by atoms with Crippen LogP contribution in [0.25, 0.3) is 0 Å². The number of alkyl halides is 4. The molecule has 8 heteroatoms. The average Bonchev–Trinajstić information content (AvgIpc) is 2.96. The summed E-state index contributed by atoms with van der Waals surface area (Å²) in [5.74, 6) is -8.37. The van der Waals surface area contributed by atoms with E-state index in [9.17, 15) is 17.6 Å². The minimum absolute atomic E-state index is 0.254. The fourth-order valence-electron chi connectivity index (χ4n) is 4.04. The van der Waals surface area contributed by atoms with Crippen LogP contribution in [0.5, 0.6) is 0 Å². The fourth-order valence-corrected chi connectivity index (χ4v) is 8.45. The topological polar surface area (TPSA) is 0 Å². The standard InChI is InChI=1S/C20H35Cl3F4Si/c1-2-3-4-5-6-7-8-9-10-11-12-13-14-15-16-17-18(28(21,22)23)19(24,25)20(18,26)27/h2-17H2,1H3. The lowest BCUT2D eigenvalue weighted by atomic mass is 10.0. The summed E-state index contributed by atoms with van der Waals surface area (Å²) in [4.78, 5) is 0. The molecule has 1 saturated carbocycles. The molecule has 0 aromatic carbocycles. The summed E-state index contributed by atoms with van der Waals surface area (Å²) in [5, 5.41) is -2.71. The van der Waals surface area contributed by atoms with Gasteiger partial charge in [-0.3, -0.25) is 0 Å². The molecule has 0 heterocycles. The number of rotatable bonds is 17. The quantitative estimate of drug-likeness (QED) is 0.0831. The van der Waals surface area contributed by atoms with Gasteiger partial charge in [-0.25, -0.2) is 0 Å². The molecule has 1 aliphatic carbocycles. The largest absolute Gasteiger partial charge is 0.359 e. The first-order valence-electron chi connectivity index (χ1n) is 10.9. The second-order valence-electron chi connectivity index (χ2n) is 8.25. The fraction of sp³-hybridized carbons (Fsp3) is 1.00. The lowest BCUT2D eigenvalue weighted by molar-refractivity contribution is -0.0278. The molecule has 0 amide bonds. The van der Waals surface area contributed by atoms with Crippen molar-refractivity contribution in [3.8, 4) is 0 Å². The van der Waals surface area contributed by atoms with Crippen LogP contribution < -0.4 is 0 Å². The van der Waals surface area contributed by atoms with Gasteiger partial charge in [0.25, 0.3) is 0 Å². The molecule has 0 atom stereocenters. The molecule has 1 fully saturated rings. The molecule has 0 saturated heterocycles. The van der Waals surface area contributed by atoms with Crippen LogP contribution in [0.4, 0.5) is 17.6 Å². The van der Waals surface area contributed by atoms with Crippen molar-refractivity contribution in [2.24, 2.45) is 0 Å². The third-order valence-corrected chi connectivity index (χ3v) is 10.8. The van der Waals surface area contributed by atoms with Gasteiger partial charge < -0.3 is 0 Å². The average molecular weight is 486 g/mol. The second kappa shape index (κ2) is 12.0. The Labute approximate surface area is 183 Å². The Hall–Kier alpha value is 0.807. The Morgan fingerprint density at radius 2 is 0.821 bits per heavy atom. The van der Waals surface area contributed by atoms with E-state index in [4.69, 9.17) is 33.2 Å². The smallest absolute Gasteiger partial charge is 0.199 e. The summed E-state index contributed by atoms with van der Waals surface area (Å²) in [6.45, 7) is 2.23. The van der Waals surface area contributed by atoms with E-state index in [2.05, 4.69) is 6.92 Å². The van der Waals surface area contributed by atoms with Gasteiger partial charge >= 0.3 is 17.8 Å². The maximum atomic E-state index is 13.6. The van der Waals surface area contributed by atoms with Crippen LogP contribution in [0.3, 0.4) is 0 Å². The molecule has 1 aliphatic rings. The van der Waals surface area contributed by atoms with Crippen LogP contribution in [0.2, 0.25) is 5.04 Å². The Bertz CT molecular complexity index is 428. The SMILES string of the molecule is CCCCCCCCCCCCCCCCCC1([Si](Cl)(Cl)Cl)C(F)(F)C1(F)F. The van der Waals surface area contributed by atoms with Gasteiger partial charge in [0, 0.05) is 0 Å². The third-order valence-electron chi connectivity index (χ3n) is 6.04. The summed E-state index contributed by atoms with van der Waals surface area (Å²) < 4.78 is 54.5. The molecule has 0 aliphatic heterocycles. The lowest BCUT2D eigenvalue weighted by Gasteiger charge is -2.20. The Kier molecular flexibility index (Phi) is 11.5. The van der Waals surface area contributed by atoms with E-state index in [1.165, 1.54) is 64.2 Å². The molecule has 0 N–H and O–H groups in total. The molecule has 0 spiro atoms. The highest BCUT2D eigenvalue weighted by Gasteiger charge is 3.01. The van der Waals surface area contributed by atoms with Gasteiger partial charge in [0.15, 0.2) is 0 Å². The first-order valence-corrected chi connectivity index (χ1v) is 15.9. The molecule has 0 unspecified atom stereocenters. The van der Waals surface area contributed by atoms with Gasteiger partial charge in [0.1, 0.15) is 5.04 Å². The van der Waals surface area contributed by atoms with E-state index >= 15 is 0 Å². The van der Waals surface area contributed by atoms with E-state index in [0.717, 1.165) is 19.3 Å². The number of hydrogen-bond acceptors (Lipinski definition) is 0. The van der Waals surface area contributed by atoms with Gasteiger partial charge in [0.2, 0.25) is 0 Å². The molecule has 0 nitrogen and oxygen atoms in total. The second-order valence-corrected chi connectivity index (χ2v) is 16.9. The minimum Gasteiger partial charge on any atom is -0.199 e. The number of halogens is 7. The summed E-state index contributed by atoms with van der Waals surface area (Å²) >= 11 is 16.9. The van der Waals surface area contributed by atoms with E-state index in [-0.39, 0.29) is 6.42 Å². The Balaban J connectivity index is 2.01. The van der Waals surface area contributed by atoms with Crippen LogP contribution >= 0.6 is 33.2 Å². The summed E-state index contributed by atoms with van der Waals surface area (Å²) in [6.07, 6.45) is 16.4. The van der Waals surface area contributed by atoms with Crippen molar-refractivity contribution in [3.05, 3.63) is 0 Å². The van der Waals surface area contributed by atoms with Gasteiger partial charge in [0.05, 0.1) is 0 Å². The van der Waals surface area contributed by atoms with Crippen molar-refractivity contribution in [2.45, 2.75) is 127 Å².